The summed E-state index contributed by atoms with van der Waals surface area (Å²) in [4.78, 5) is 14.4. The van der Waals surface area contributed by atoms with Crippen LogP contribution in [-0.2, 0) is 10.0 Å². The van der Waals surface area contributed by atoms with Gasteiger partial charge in [0.2, 0.25) is 10.0 Å². The summed E-state index contributed by atoms with van der Waals surface area (Å²) < 4.78 is 37.1. The quantitative estimate of drug-likeness (QED) is 0.680. The lowest BCUT2D eigenvalue weighted by Crippen LogP contribution is -2.50. The van der Waals surface area contributed by atoms with Crippen LogP contribution < -0.4 is 19.7 Å². The predicted molar refractivity (Wildman–Crippen MR) is 116 cm³/mol. The number of piperazine rings is 1. The highest BCUT2D eigenvalue weighted by Crippen LogP contribution is 2.21. The Kier molecular flexibility index (Phi) is 7.17. The zero-order chi connectivity index (χ0) is 21.6. The predicted octanol–water partition coefficient (Wildman–Crippen LogP) is 1.59. The maximum Gasteiger partial charge on any atom is 0.251 e. The van der Waals surface area contributed by atoms with E-state index in [1.165, 1.54) is 11.4 Å². The van der Waals surface area contributed by atoms with Crippen molar-refractivity contribution in [2.45, 2.75) is 0 Å². The number of nitrogens with one attached hydrogen (secondary N) is 1. The second kappa shape index (κ2) is 9.82. The monoisotopic (exact) mass is 433 g/mol. The van der Waals surface area contributed by atoms with E-state index < -0.39 is 10.0 Å². The number of rotatable bonds is 8. The summed E-state index contributed by atoms with van der Waals surface area (Å²) in [5.74, 6) is 0.903. The molecule has 1 amide bonds. The average molecular weight is 434 g/mol. The number of carbonyl (C=O) groups excluding carboxylic acids is 1. The van der Waals surface area contributed by atoms with Gasteiger partial charge in [-0.1, -0.05) is 6.07 Å². The maximum absolute atomic E-state index is 12.7. The highest BCUT2D eigenvalue weighted by atomic mass is 32.2. The van der Waals surface area contributed by atoms with Gasteiger partial charge in [-0.3, -0.25) is 4.79 Å². The van der Waals surface area contributed by atoms with E-state index in [0.29, 0.717) is 37.5 Å². The van der Waals surface area contributed by atoms with E-state index in [1.807, 2.05) is 24.3 Å². The summed E-state index contributed by atoms with van der Waals surface area (Å²) >= 11 is 0. The van der Waals surface area contributed by atoms with Crippen LogP contribution in [0.15, 0.2) is 48.5 Å². The molecule has 1 fully saturated rings. The van der Waals surface area contributed by atoms with Crippen LogP contribution in [0.2, 0.25) is 0 Å². The Morgan fingerprint density at radius 3 is 2.27 bits per heavy atom. The fraction of sp³-hybridized carbons (Fsp3) is 0.381. The molecule has 0 aliphatic carbocycles. The fourth-order valence-electron chi connectivity index (χ4n) is 3.31. The Balaban J connectivity index is 1.48. The fourth-order valence-corrected chi connectivity index (χ4v) is 4.64. The molecule has 1 heterocycles. The zero-order valence-electron chi connectivity index (χ0n) is 17.2. The van der Waals surface area contributed by atoms with Crippen molar-refractivity contribution in [2.24, 2.45) is 0 Å². The molecule has 162 valence electrons. The molecule has 0 spiro atoms. The average Bonchev–Trinajstić information content (AvgIpc) is 2.79. The van der Waals surface area contributed by atoms with Gasteiger partial charge in [0.05, 0.1) is 20.0 Å². The van der Waals surface area contributed by atoms with Gasteiger partial charge in [-0.15, -0.1) is 0 Å². The Hall–Kier alpha value is -2.78. The molecule has 1 aliphatic rings. The largest absolute Gasteiger partial charge is 0.497 e. The molecule has 0 aromatic heterocycles. The molecule has 0 radical (unpaired) electrons. The summed E-state index contributed by atoms with van der Waals surface area (Å²) in [6, 6.07) is 14.5. The number of nitrogens with zero attached hydrogens (tertiary/aromatic N) is 2. The molecule has 0 atom stereocenters. The molecular formula is C21H27N3O5S. The van der Waals surface area contributed by atoms with Gasteiger partial charge in [0.1, 0.15) is 11.5 Å². The first-order valence-corrected chi connectivity index (χ1v) is 11.3. The highest BCUT2D eigenvalue weighted by molar-refractivity contribution is 7.89. The Morgan fingerprint density at radius 1 is 0.967 bits per heavy atom. The SMILES string of the molecule is COc1ccc(N2CCN(S(=O)(=O)CCNC(=O)c3cccc(OC)c3)CC2)cc1. The number of methoxy groups -OCH3 is 2. The molecule has 8 nitrogen and oxygen atoms in total. The van der Waals surface area contributed by atoms with Crippen LogP contribution in [-0.4, -0.2) is 71.3 Å². The van der Waals surface area contributed by atoms with Crippen LogP contribution in [0.1, 0.15) is 10.4 Å². The summed E-state index contributed by atoms with van der Waals surface area (Å²) in [5, 5.41) is 2.67. The van der Waals surface area contributed by atoms with E-state index in [0.717, 1.165) is 11.4 Å². The molecule has 3 rings (SSSR count). The molecule has 0 saturated carbocycles. The lowest BCUT2D eigenvalue weighted by Gasteiger charge is -2.35. The third-order valence-electron chi connectivity index (χ3n) is 5.05. The van der Waals surface area contributed by atoms with Crippen molar-refractivity contribution in [1.82, 2.24) is 9.62 Å². The second-order valence-corrected chi connectivity index (χ2v) is 8.98. The van der Waals surface area contributed by atoms with E-state index in [9.17, 15) is 13.2 Å². The normalized spacial score (nSPS) is 14.9. The minimum atomic E-state index is -3.44. The van der Waals surface area contributed by atoms with Gasteiger partial charge >= 0.3 is 0 Å². The lowest BCUT2D eigenvalue weighted by atomic mass is 10.2. The number of ether oxygens (including phenoxy) is 2. The highest BCUT2D eigenvalue weighted by Gasteiger charge is 2.27. The van der Waals surface area contributed by atoms with Gasteiger partial charge in [0.15, 0.2) is 0 Å². The first-order chi connectivity index (χ1) is 14.4. The minimum Gasteiger partial charge on any atom is -0.497 e. The number of amides is 1. The van der Waals surface area contributed by atoms with Gasteiger partial charge in [0.25, 0.3) is 5.91 Å². The number of sulfonamides is 1. The van der Waals surface area contributed by atoms with Crippen molar-refractivity contribution in [3.63, 3.8) is 0 Å². The van der Waals surface area contributed by atoms with Crippen LogP contribution in [0, 0.1) is 0 Å². The molecule has 0 bridgehead atoms. The van der Waals surface area contributed by atoms with E-state index in [2.05, 4.69) is 10.2 Å². The summed E-state index contributed by atoms with van der Waals surface area (Å²) in [6.45, 7) is 2.11. The maximum atomic E-state index is 12.7. The summed E-state index contributed by atoms with van der Waals surface area (Å²) in [5.41, 5.74) is 1.47. The third-order valence-corrected chi connectivity index (χ3v) is 6.92. The molecule has 0 unspecified atom stereocenters. The minimum absolute atomic E-state index is 0.0526. The molecule has 1 aliphatic heterocycles. The lowest BCUT2D eigenvalue weighted by molar-refractivity contribution is 0.0955. The third kappa shape index (κ3) is 5.43. The van der Waals surface area contributed by atoms with Crippen LogP contribution in [0.4, 0.5) is 5.69 Å². The number of benzene rings is 2. The van der Waals surface area contributed by atoms with Crippen LogP contribution >= 0.6 is 0 Å². The molecule has 2 aromatic carbocycles. The van der Waals surface area contributed by atoms with Gasteiger partial charge in [-0.2, -0.15) is 4.31 Å². The van der Waals surface area contributed by atoms with Gasteiger partial charge in [-0.05, 0) is 42.5 Å². The standard InChI is InChI=1S/C21H27N3O5S/c1-28-19-8-6-18(7-9-19)23-11-13-24(14-12-23)30(26,27)15-10-22-21(25)17-4-3-5-20(16-17)29-2/h3-9,16H,10-15H2,1-2H3,(H,22,25). The second-order valence-electron chi connectivity index (χ2n) is 6.89. The topological polar surface area (TPSA) is 88.2 Å². The van der Waals surface area contributed by atoms with Crippen LogP contribution in [0.25, 0.3) is 0 Å². The summed E-state index contributed by atoms with van der Waals surface area (Å²) in [7, 11) is -0.294. The van der Waals surface area contributed by atoms with E-state index in [4.69, 9.17) is 9.47 Å². The molecule has 1 saturated heterocycles. The number of anilines is 1. The van der Waals surface area contributed by atoms with E-state index >= 15 is 0 Å². The number of carbonyl (C=O) groups is 1. The Bertz CT molecular complexity index is 955. The first kappa shape index (κ1) is 21.9. The van der Waals surface area contributed by atoms with Crippen molar-refractivity contribution >= 4 is 21.6 Å². The Morgan fingerprint density at radius 2 is 1.63 bits per heavy atom. The van der Waals surface area contributed by atoms with E-state index in [-0.39, 0.29) is 18.2 Å². The zero-order valence-corrected chi connectivity index (χ0v) is 18.0. The summed E-state index contributed by atoms with van der Waals surface area (Å²) in [6.07, 6.45) is 0. The number of hydrogen-bond acceptors (Lipinski definition) is 6. The molecule has 2 aromatic rings. The van der Waals surface area contributed by atoms with Crippen molar-refractivity contribution < 1.29 is 22.7 Å². The molecular weight excluding hydrogens is 406 g/mol. The Labute approximate surface area is 177 Å². The smallest absolute Gasteiger partial charge is 0.251 e. The molecule has 30 heavy (non-hydrogen) atoms. The van der Waals surface area contributed by atoms with Gasteiger partial charge in [-0.25, -0.2) is 8.42 Å². The van der Waals surface area contributed by atoms with Gasteiger partial charge in [0, 0.05) is 44.0 Å². The van der Waals surface area contributed by atoms with Crippen molar-refractivity contribution in [1.29, 1.82) is 0 Å². The van der Waals surface area contributed by atoms with Crippen LogP contribution in [0.5, 0.6) is 11.5 Å². The van der Waals surface area contributed by atoms with Crippen molar-refractivity contribution in [2.75, 3.05) is 57.6 Å². The first-order valence-electron chi connectivity index (χ1n) is 9.72. The van der Waals surface area contributed by atoms with Crippen molar-refractivity contribution in [3.05, 3.63) is 54.1 Å². The van der Waals surface area contributed by atoms with Crippen molar-refractivity contribution in [3.8, 4) is 11.5 Å². The van der Waals surface area contributed by atoms with Crippen LogP contribution in [0.3, 0.4) is 0 Å². The number of hydrogen-bond donors (Lipinski definition) is 1. The van der Waals surface area contributed by atoms with E-state index in [1.54, 1.807) is 31.4 Å². The van der Waals surface area contributed by atoms with Gasteiger partial charge < -0.3 is 19.7 Å². The molecule has 9 heteroatoms. The molecule has 1 N–H and O–H groups in total.